The lowest BCUT2D eigenvalue weighted by Gasteiger charge is -2.42. The minimum Gasteiger partial charge on any atom is -0.467 e. The number of rotatable bonds is 4. The van der Waals surface area contributed by atoms with Gasteiger partial charge in [0.2, 0.25) is 0 Å². The van der Waals surface area contributed by atoms with Crippen molar-refractivity contribution in [1.82, 2.24) is 20.2 Å². The lowest BCUT2D eigenvalue weighted by molar-refractivity contribution is 0.00335. The zero-order valence-corrected chi connectivity index (χ0v) is 17.4. The summed E-state index contributed by atoms with van der Waals surface area (Å²) in [7, 11) is 3.23. The number of nitrogens with one attached hydrogen (secondary N) is 1. The molecule has 1 fully saturated rings. The van der Waals surface area contributed by atoms with E-state index in [9.17, 15) is 4.79 Å². The van der Waals surface area contributed by atoms with Gasteiger partial charge in [-0.15, -0.1) is 0 Å². The van der Waals surface area contributed by atoms with E-state index in [-0.39, 0.29) is 12.1 Å². The molecule has 0 spiro atoms. The maximum atomic E-state index is 12.7. The summed E-state index contributed by atoms with van der Waals surface area (Å²) in [5.74, 6) is 0.897. The van der Waals surface area contributed by atoms with Crippen molar-refractivity contribution in [2.75, 3.05) is 51.9 Å². The number of aromatic nitrogens is 2. The van der Waals surface area contributed by atoms with Crippen LogP contribution in [0.4, 0.5) is 10.6 Å². The summed E-state index contributed by atoms with van der Waals surface area (Å²) in [6.45, 7) is 9.49. The molecular formula is C19H31N5O4. The Morgan fingerprint density at radius 2 is 2.04 bits per heavy atom. The molecule has 3 rings (SSSR count). The normalized spacial score (nSPS) is 20.0. The van der Waals surface area contributed by atoms with Crippen LogP contribution in [0.3, 0.4) is 0 Å². The van der Waals surface area contributed by atoms with Gasteiger partial charge in [0.05, 0.1) is 25.5 Å². The zero-order chi connectivity index (χ0) is 20.3. The fraction of sp³-hybridized carbons (Fsp3) is 0.737. The second-order valence-electron chi connectivity index (χ2n) is 8.11. The second kappa shape index (κ2) is 8.48. The molecule has 1 N–H and O–H groups in total. The van der Waals surface area contributed by atoms with E-state index in [4.69, 9.17) is 14.2 Å². The van der Waals surface area contributed by atoms with Gasteiger partial charge in [-0.05, 0) is 33.7 Å². The minimum absolute atomic E-state index is 0.119. The molecule has 0 aliphatic carbocycles. The Balaban J connectivity index is 1.83. The van der Waals surface area contributed by atoms with Crippen LogP contribution in [-0.4, -0.2) is 79.6 Å². The van der Waals surface area contributed by atoms with Gasteiger partial charge in [-0.3, -0.25) is 4.90 Å². The Hall–Kier alpha value is -2.13. The SMILES string of the molecule is COCC1CN(c2nc(OC)nc3c2CCNC3)CCN1C(=O)OC(C)(C)C. The van der Waals surface area contributed by atoms with Crippen molar-refractivity contribution in [3.8, 4) is 6.01 Å². The Kier molecular flexibility index (Phi) is 6.24. The molecule has 1 aromatic heterocycles. The number of anilines is 1. The van der Waals surface area contributed by atoms with Gasteiger partial charge in [0.15, 0.2) is 0 Å². The van der Waals surface area contributed by atoms with Crippen molar-refractivity contribution in [2.24, 2.45) is 0 Å². The summed E-state index contributed by atoms with van der Waals surface area (Å²) in [5.41, 5.74) is 1.60. The fourth-order valence-corrected chi connectivity index (χ4v) is 3.61. The molecule has 1 aromatic rings. The van der Waals surface area contributed by atoms with Gasteiger partial charge in [0.1, 0.15) is 11.4 Å². The third kappa shape index (κ3) is 4.64. The third-order valence-electron chi connectivity index (χ3n) is 4.85. The molecule has 3 heterocycles. The molecule has 0 saturated carbocycles. The van der Waals surface area contributed by atoms with Gasteiger partial charge in [-0.25, -0.2) is 4.79 Å². The second-order valence-corrected chi connectivity index (χ2v) is 8.11. The van der Waals surface area contributed by atoms with E-state index in [1.165, 1.54) is 0 Å². The van der Waals surface area contributed by atoms with Crippen LogP contribution in [0.25, 0.3) is 0 Å². The van der Waals surface area contributed by atoms with Gasteiger partial charge < -0.3 is 24.4 Å². The van der Waals surface area contributed by atoms with Crippen molar-refractivity contribution in [1.29, 1.82) is 0 Å². The summed E-state index contributed by atoms with van der Waals surface area (Å²) < 4.78 is 16.3. The highest BCUT2D eigenvalue weighted by Crippen LogP contribution is 2.28. The number of hydrogen-bond acceptors (Lipinski definition) is 8. The predicted molar refractivity (Wildman–Crippen MR) is 105 cm³/mol. The van der Waals surface area contributed by atoms with Gasteiger partial charge in [0.25, 0.3) is 0 Å². The summed E-state index contributed by atoms with van der Waals surface area (Å²) in [6.07, 6.45) is 0.566. The molecule has 1 amide bonds. The maximum absolute atomic E-state index is 12.7. The topological polar surface area (TPSA) is 89.1 Å². The van der Waals surface area contributed by atoms with Crippen LogP contribution in [0.1, 0.15) is 32.0 Å². The molecule has 0 aromatic carbocycles. The Labute approximate surface area is 166 Å². The maximum Gasteiger partial charge on any atom is 0.410 e. The summed E-state index contributed by atoms with van der Waals surface area (Å²) in [4.78, 5) is 25.8. The first-order valence-electron chi connectivity index (χ1n) is 9.70. The number of ether oxygens (including phenoxy) is 3. The van der Waals surface area contributed by atoms with E-state index in [0.29, 0.717) is 38.8 Å². The third-order valence-corrected chi connectivity index (χ3v) is 4.85. The highest BCUT2D eigenvalue weighted by molar-refractivity contribution is 5.69. The molecule has 9 heteroatoms. The summed E-state index contributed by atoms with van der Waals surface area (Å²) in [6, 6.07) is 0.252. The minimum atomic E-state index is -0.530. The van der Waals surface area contributed by atoms with Crippen molar-refractivity contribution in [2.45, 2.75) is 45.4 Å². The Morgan fingerprint density at radius 3 is 2.71 bits per heavy atom. The van der Waals surface area contributed by atoms with E-state index >= 15 is 0 Å². The van der Waals surface area contributed by atoms with Crippen molar-refractivity contribution >= 4 is 11.9 Å². The number of carbonyl (C=O) groups is 1. The van der Waals surface area contributed by atoms with Gasteiger partial charge in [-0.1, -0.05) is 0 Å². The first-order valence-corrected chi connectivity index (χ1v) is 9.70. The van der Waals surface area contributed by atoms with E-state index in [1.807, 2.05) is 20.8 Å². The van der Waals surface area contributed by atoms with Crippen molar-refractivity contribution in [3.05, 3.63) is 11.3 Å². The standard InChI is InChI=1S/C19H31N5O4/c1-19(2,3)28-18(25)24-9-8-23(11-13(24)12-26-4)16-14-6-7-20-10-15(14)21-17(22-16)27-5/h13,20H,6-12H2,1-5H3. The van der Waals surface area contributed by atoms with E-state index < -0.39 is 5.60 Å². The number of hydrogen-bond donors (Lipinski definition) is 1. The van der Waals surface area contributed by atoms with E-state index in [2.05, 4.69) is 20.2 Å². The van der Waals surface area contributed by atoms with E-state index in [1.54, 1.807) is 19.1 Å². The number of methoxy groups -OCH3 is 2. The van der Waals surface area contributed by atoms with Crippen LogP contribution >= 0.6 is 0 Å². The number of piperazine rings is 1. The molecule has 1 unspecified atom stereocenters. The van der Waals surface area contributed by atoms with E-state index in [0.717, 1.165) is 30.0 Å². The first kappa shape index (κ1) is 20.6. The quantitative estimate of drug-likeness (QED) is 0.816. The number of carbonyl (C=O) groups excluding carboxylic acids is 1. The van der Waals surface area contributed by atoms with Gasteiger partial charge >= 0.3 is 12.1 Å². The lowest BCUT2D eigenvalue weighted by atomic mass is 10.1. The van der Waals surface area contributed by atoms with Crippen LogP contribution < -0.4 is 15.0 Å². The average Bonchev–Trinajstić information content (AvgIpc) is 2.66. The summed E-state index contributed by atoms with van der Waals surface area (Å²) in [5, 5.41) is 3.34. The molecule has 1 atom stereocenters. The monoisotopic (exact) mass is 393 g/mol. The number of nitrogens with zero attached hydrogens (tertiary/aromatic N) is 4. The molecule has 2 aliphatic rings. The van der Waals surface area contributed by atoms with Crippen LogP contribution in [0.5, 0.6) is 6.01 Å². The number of fused-ring (bicyclic) bond motifs is 1. The fourth-order valence-electron chi connectivity index (χ4n) is 3.61. The highest BCUT2D eigenvalue weighted by Gasteiger charge is 2.35. The summed E-state index contributed by atoms with van der Waals surface area (Å²) >= 11 is 0. The molecule has 156 valence electrons. The van der Waals surface area contributed by atoms with Gasteiger partial charge in [-0.2, -0.15) is 9.97 Å². The highest BCUT2D eigenvalue weighted by atomic mass is 16.6. The number of amides is 1. The predicted octanol–water partition coefficient (Wildman–Crippen LogP) is 1.20. The van der Waals surface area contributed by atoms with Crippen molar-refractivity contribution < 1.29 is 19.0 Å². The Bertz CT molecular complexity index is 706. The zero-order valence-electron chi connectivity index (χ0n) is 17.4. The smallest absolute Gasteiger partial charge is 0.410 e. The van der Waals surface area contributed by atoms with Crippen LogP contribution in [-0.2, 0) is 22.4 Å². The van der Waals surface area contributed by atoms with Crippen LogP contribution in [0, 0.1) is 0 Å². The van der Waals surface area contributed by atoms with Crippen molar-refractivity contribution in [3.63, 3.8) is 0 Å². The van der Waals surface area contributed by atoms with Crippen LogP contribution in [0.15, 0.2) is 0 Å². The molecule has 28 heavy (non-hydrogen) atoms. The molecule has 0 bridgehead atoms. The largest absolute Gasteiger partial charge is 0.467 e. The Morgan fingerprint density at radius 1 is 1.25 bits per heavy atom. The first-order chi connectivity index (χ1) is 13.3. The average molecular weight is 393 g/mol. The van der Waals surface area contributed by atoms with Crippen LogP contribution in [0.2, 0.25) is 0 Å². The van der Waals surface area contributed by atoms with Gasteiger partial charge in [0, 0.05) is 38.9 Å². The molecule has 9 nitrogen and oxygen atoms in total. The molecular weight excluding hydrogens is 362 g/mol. The lowest BCUT2D eigenvalue weighted by Crippen LogP contribution is -2.58. The molecule has 0 radical (unpaired) electrons. The molecule has 2 aliphatic heterocycles. The molecule has 1 saturated heterocycles.